The van der Waals surface area contributed by atoms with E-state index < -0.39 is 23.5 Å². The molecule has 0 spiro atoms. The average molecular weight is 286 g/mol. The maximum Gasteiger partial charge on any atom is 0.416 e. The summed E-state index contributed by atoms with van der Waals surface area (Å²) in [5.41, 5.74) is -1.32. The highest BCUT2D eigenvalue weighted by molar-refractivity contribution is 5.87. The number of hydrogen-bond acceptors (Lipinski definition) is 3. The maximum atomic E-state index is 12.7. The molecule has 0 fully saturated rings. The van der Waals surface area contributed by atoms with E-state index in [0.717, 1.165) is 28.9 Å². The van der Waals surface area contributed by atoms with Gasteiger partial charge in [0, 0.05) is 12.6 Å². The summed E-state index contributed by atoms with van der Waals surface area (Å²) in [7, 11) is 1.38. The minimum Gasteiger partial charge on any atom is -0.507 e. The Bertz CT molecular complexity index is 677. The first kappa shape index (κ1) is 13.9. The van der Waals surface area contributed by atoms with E-state index in [4.69, 9.17) is 5.11 Å². The highest BCUT2D eigenvalue weighted by Crippen LogP contribution is 2.36. The lowest BCUT2D eigenvalue weighted by Crippen LogP contribution is -2.05. The number of phenolic OH excluding ortho intramolecular Hbond substituents is 1. The van der Waals surface area contributed by atoms with Crippen LogP contribution in [0.25, 0.3) is 11.3 Å². The molecular weight excluding hydrogens is 277 g/mol. The summed E-state index contributed by atoms with van der Waals surface area (Å²) < 4.78 is 39.0. The number of phenols is 1. The maximum absolute atomic E-state index is 12.7. The number of carboxylic acids is 1. The molecule has 0 aliphatic rings. The normalized spacial score (nSPS) is 11.6. The SMILES string of the molecule is Cn1nc(C(=O)O)cc1-c1cc(C(F)(F)F)ccc1O. The molecule has 1 aromatic carbocycles. The Morgan fingerprint density at radius 2 is 1.95 bits per heavy atom. The molecule has 0 radical (unpaired) electrons. The van der Waals surface area contributed by atoms with Crippen molar-refractivity contribution in [2.75, 3.05) is 0 Å². The van der Waals surface area contributed by atoms with Crippen molar-refractivity contribution in [1.82, 2.24) is 9.78 Å². The third-order valence-corrected chi connectivity index (χ3v) is 2.70. The Balaban J connectivity index is 2.60. The number of carboxylic acid groups (broad SMARTS) is 1. The molecule has 106 valence electrons. The Morgan fingerprint density at radius 3 is 2.45 bits per heavy atom. The van der Waals surface area contributed by atoms with Crippen molar-refractivity contribution >= 4 is 5.97 Å². The van der Waals surface area contributed by atoms with Gasteiger partial charge in [-0.25, -0.2) is 4.79 Å². The molecule has 0 unspecified atom stereocenters. The quantitative estimate of drug-likeness (QED) is 0.889. The summed E-state index contributed by atoms with van der Waals surface area (Å²) >= 11 is 0. The van der Waals surface area contributed by atoms with Crippen LogP contribution in [0.15, 0.2) is 24.3 Å². The molecule has 0 bridgehead atoms. The van der Waals surface area contributed by atoms with Crippen molar-refractivity contribution in [3.05, 3.63) is 35.5 Å². The molecule has 2 aromatic rings. The molecule has 5 nitrogen and oxygen atoms in total. The summed E-state index contributed by atoms with van der Waals surface area (Å²) in [5.74, 6) is -1.70. The predicted molar refractivity (Wildman–Crippen MR) is 62.3 cm³/mol. The van der Waals surface area contributed by atoms with Gasteiger partial charge in [0.25, 0.3) is 0 Å². The second-order valence-corrected chi connectivity index (χ2v) is 4.07. The lowest BCUT2D eigenvalue weighted by Gasteiger charge is -2.10. The van der Waals surface area contributed by atoms with Gasteiger partial charge in [-0.2, -0.15) is 18.3 Å². The molecule has 1 heterocycles. The molecule has 20 heavy (non-hydrogen) atoms. The number of aryl methyl sites for hydroxylation is 1. The molecule has 8 heteroatoms. The van der Waals surface area contributed by atoms with Gasteiger partial charge < -0.3 is 10.2 Å². The van der Waals surface area contributed by atoms with Gasteiger partial charge in [0.1, 0.15) is 5.75 Å². The molecule has 0 saturated heterocycles. The lowest BCUT2D eigenvalue weighted by molar-refractivity contribution is -0.137. The minimum absolute atomic E-state index is 0.0750. The Morgan fingerprint density at radius 1 is 1.30 bits per heavy atom. The fourth-order valence-electron chi connectivity index (χ4n) is 1.74. The van der Waals surface area contributed by atoms with Crippen LogP contribution in [0.2, 0.25) is 0 Å². The number of benzene rings is 1. The van der Waals surface area contributed by atoms with Crippen LogP contribution in [0, 0.1) is 0 Å². The number of aromatic nitrogens is 2. The van der Waals surface area contributed by atoms with Gasteiger partial charge in [-0.1, -0.05) is 0 Å². The first-order valence-corrected chi connectivity index (χ1v) is 5.38. The van der Waals surface area contributed by atoms with Crippen LogP contribution < -0.4 is 0 Å². The molecule has 0 amide bonds. The average Bonchev–Trinajstić information content (AvgIpc) is 2.70. The summed E-state index contributed by atoms with van der Waals surface area (Å²) in [6.07, 6.45) is -4.56. The van der Waals surface area contributed by atoms with Gasteiger partial charge in [-0.15, -0.1) is 0 Å². The summed E-state index contributed by atoms with van der Waals surface area (Å²) in [4.78, 5) is 10.8. The van der Waals surface area contributed by atoms with Gasteiger partial charge >= 0.3 is 12.1 Å². The number of halogens is 3. The first-order chi connectivity index (χ1) is 9.20. The van der Waals surface area contributed by atoms with E-state index in [9.17, 15) is 23.1 Å². The molecule has 0 saturated carbocycles. The smallest absolute Gasteiger partial charge is 0.416 e. The van der Waals surface area contributed by atoms with Gasteiger partial charge in [0.15, 0.2) is 5.69 Å². The monoisotopic (exact) mass is 286 g/mol. The molecule has 1 aromatic heterocycles. The van der Waals surface area contributed by atoms with E-state index in [1.165, 1.54) is 7.05 Å². The van der Waals surface area contributed by atoms with E-state index >= 15 is 0 Å². The summed E-state index contributed by atoms with van der Waals surface area (Å²) in [6, 6.07) is 3.49. The molecular formula is C12H9F3N2O3. The number of alkyl halides is 3. The number of nitrogens with zero attached hydrogens (tertiary/aromatic N) is 2. The van der Waals surface area contributed by atoms with Gasteiger partial charge in [0.2, 0.25) is 0 Å². The van der Waals surface area contributed by atoms with Crippen molar-refractivity contribution in [1.29, 1.82) is 0 Å². The molecule has 2 N–H and O–H groups in total. The fraction of sp³-hybridized carbons (Fsp3) is 0.167. The minimum atomic E-state index is -4.56. The van der Waals surface area contributed by atoms with E-state index in [-0.39, 0.29) is 17.0 Å². The zero-order chi connectivity index (χ0) is 15.1. The van der Waals surface area contributed by atoms with E-state index in [1.807, 2.05) is 0 Å². The van der Waals surface area contributed by atoms with Crippen molar-refractivity contribution in [3.8, 4) is 17.0 Å². The number of aromatic carboxylic acids is 1. The largest absolute Gasteiger partial charge is 0.507 e. The van der Waals surface area contributed by atoms with Crippen LogP contribution in [-0.2, 0) is 13.2 Å². The topological polar surface area (TPSA) is 75.4 Å². The fourth-order valence-corrected chi connectivity index (χ4v) is 1.74. The van der Waals surface area contributed by atoms with E-state index in [0.29, 0.717) is 0 Å². The molecule has 0 atom stereocenters. The number of hydrogen-bond donors (Lipinski definition) is 2. The first-order valence-electron chi connectivity index (χ1n) is 5.38. The van der Waals surface area contributed by atoms with Crippen LogP contribution in [0.3, 0.4) is 0 Å². The van der Waals surface area contributed by atoms with Crippen LogP contribution in [0.4, 0.5) is 13.2 Å². The Labute approximate surface area is 110 Å². The van der Waals surface area contributed by atoms with Crippen molar-refractivity contribution < 1.29 is 28.2 Å². The third-order valence-electron chi connectivity index (χ3n) is 2.70. The number of carbonyl (C=O) groups is 1. The van der Waals surface area contributed by atoms with Crippen LogP contribution in [0.5, 0.6) is 5.75 Å². The van der Waals surface area contributed by atoms with Crippen LogP contribution in [-0.4, -0.2) is 26.0 Å². The summed E-state index contributed by atoms with van der Waals surface area (Å²) in [5, 5.41) is 22.1. The molecule has 0 aliphatic carbocycles. The zero-order valence-electron chi connectivity index (χ0n) is 10.1. The lowest BCUT2D eigenvalue weighted by atomic mass is 10.1. The van der Waals surface area contributed by atoms with Crippen LogP contribution >= 0.6 is 0 Å². The van der Waals surface area contributed by atoms with Gasteiger partial charge in [0.05, 0.1) is 11.3 Å². The zero-order valence-corrected chi connectivity index (χ0v) is 10.1. The predicted octanol–water partition coefficient (Wildman–Crippen LogP) is 2.51. The molecule has 0 aliphatic heterocycles. The third kappa shape index (κ3) is 2.44. The second-order valence-electron chi connectivity index (χ2n) is 4.07. The Kier molecular flexibility index (Phi) is 3.16. The van der Waals surface area contributed by atoms with Crippen LogP contribution in [0.1, 0.15) is 16.1 Å². The highest BCUT2D eigenvalue weighted by atomic mass is 19.4. The second kappa shape index (κ2) is 4.55. The van der Waals surface area contributed by atoms with Crippen molar-refractivity contribution in [3.63, 3.8) is 0 Å². The molecule has 2 rings (SSSR count). The number of aromatic hydroxyl groups is 1. The standard InChI is InChI=1S/C12H9F3N2O3/c1-17-9(5-8(16-17)11(19)20)7-4-6(12(13,14)15)2-3-10(7)18/h2-5,18H,1H3,(H,19,20). The van der Waals surface area contributed by atoms with Gasteiger partial charge in [-0.05, 0) is 24.3 Å². The van der Waals surface area contributed by atoms with Crippen molar-refractivity contribution in [2.24, 2.45) is 7.05 Å². The Hall–Kier alpha value is -2.51. The van der Waals surface area contributed by atoms with E-state index in [2.05, 4.69) is 5.10 Å². The summed E-state index contributed by atoms with van der Waals surface area (Å²) in [6.45, 7) is 0. The highest BCUT2D eigenvalue weighted by Gasteiger charge is 2.31. The number of rotatable bonds is 2. The van der Waals surface area contributed by atoms with E-state index in [1.54, 1.807) is 0 Å². The van der Waals surface area contributed by atoms with Crippen molar-refractivity contribution in [2.45, 2.75) is 6.18 Å². The van der Waals surface area contributed by atoms with Gasteiger partial charge in [-0.3, -0.25) is 4.68 Å².